The van der Waals surface area contributed by atoms with Gasteiger partial charge in [-0.15, -0.1) is 0 Å². The van der Waals surface area contributed by atoms with Gasteiger partial charge in [0.25, 0.3) is 0 Å². The summed E-state index contributed by atoms with van der Waals surface area (Å²) in [7, 11) is 0. The van der Waals surface area contributed by atoms with Crippen LogP contribution in [0.1, 0.15) is 11.9 Å². The molecule has 19 heavy (non-hydrogen) atoms. The predicted molar refractivity (Wildman–Crippen MR) is 79.2 cm³/mol. The normalized spacial score (nSPS) is 15.9. The van der Waals surface area contributed by atoms with Crippen molar-refractivity contribution in [1.29, 1.82) is 0 Å². The lowest BCUT2D eigenvalue weighted by molar-refractivity contribution is -0.0437. The Balaban J connectivity index is 2.06. The number of benzene rings is 2. The van der Waals surface area contributed by atoms with E-state index in [1.165, 1.54) is 0 Å². The van der Waals surface area contributed by atoms with E-state index in [9.17, 15) is 0 Å². The second-order valence-electron chi connectivity index (χ2n) is 4.31. The van der Waals surface area contributed by atoms with Crippen LogP contribution in [0, 0.1) is 0 Å². The van der Waals surface area contributed by atoms with E-state index in [0.29, 0.717) is 13.2 Å². The van der Waals surface area contributed by atoms with Gasteiger partial charge in [0.15, 0.2) is 6.29 Å². The van der Waals surface area contributed by atoms with Gasteiger partial charge in [-0.3, -0.25) is 0 Å². The number of hydrogen-bond acceptors (Lipinski definition) is 2. The van der Waals surface area contributed by atoms with Crippen molar-refractivity contribution >= 4 is 27.5 Å². The monoisotopic (exact) mass is 338 g/mol. The molecule has 1 saturated heterocycles. The van der Waals surface area contributed by atoms with Crippen LogP contribution in [0.3, 0.4) is 0 Å². The smallest absolute Gasteiger partial charge is 0.184 e. The number of hydrogen-bond donors (Lipinski definition) is 0. The van der Waals surface area contributed by atoms with E-state index < -0.39 is 0 Å². The van der Waals surface area contributed by atoms with E-state index >= 15 is 0 Å². The summed E-state index contributed by atoms with van der Waals surface area (Å²) in [5.41, 5.74) is 3.24. The fourth-order valence-corrected chi connectivity index (χ4v) is 2.66. The Labute approximate surface area is 125 Å². The summed E-state index contributed by atoms with van der Waals surface area (Å²) in [4.78, 5) is 0. The highest BCUT2D eigenvalue weighted by molar-refractivity contribution is 9.10. The van der Waals surface area contributed by atoms with Crippen LogP contribution in [0.25, 0.3) is 11.1 Å². The molecule has 4 heteroatoms. The minimum Gasteiger partial charge on any atom is -0.346 e. The molecule has 0 bridgehead atoms. The van der Waals surface area contributed by atoms with E-state index in [0.717, 1.165) is 26.2 Å². The maximum Gasteiger partial charge on any atom is 0.184 e. The number of rotatable bonds is 2. The van der Waals surface area contributed by atoms with E-state index in [-0.39, 0.29) is 6.29 Å². The Morgan fingerprint density at radius 1 is 1.00 bits per heavy atom. The van der Waals surface area contributed by atoms with Gasteiger partial charge in [-0.1, -0.05) is 45.7 Å². The minimum absolute atomic E-state index is 0.289. The Morgan fingerprint density at radius 3 is 2.37 bits per heavy atom. The lowest BCUT2D eigenvalue weighted by Crippen LogP contribution is -2.00. The van der Waals surface area contributed by atoms with Crippen LogP contribution >= 0.6 is 27.5 Å². The Bertz CT molecular complexity index is 577. The second kappa shape index (κ2) is 5.63. The van der Waals surface area contributed by atoms with Crippen molar-refractivity contribution < 1.29 is 9.47 Å². The summed E-state index contributed by atoms with van der Waals surface area (Å²) in [6, 6.07) is 13.9. The molecular formula is C15H12BrClO2. The van der Waals surface area contributed by atoms with Crippen LogP contribution in [0.15, 0.2) is 46.9 Å². The van der Waals surface area contributed by atoms with Gasteiger partial charge in [0.1, 0.15) is 0 Å². The average Bonchev–Trinajstić information content (AvgIpc) is 2.94. The highest BCUT2D eigenvalue weighted by atomic mass is 79.9. The van der Waals surface area contributed by atoms with Gasteiger partial charge in [0.05, 0.1) is 13.2 Å². The van der Waals surface area contributed by atoms with Crippen molar-refractivity contribution in [3.05, 3.63) is 57.5 Å². The second-order valence-corrected chi connectivity index (χ2v) is 5.66. The molecule has 0 saturated carbocycles. The fraction of sp³-hybridized carbons (Fsp3) is 0.200. The van der Waals surface area contributed by atoms with Crippen molar-refractivity contribution in [3.8, 4) is 11.1 Å². The molecule has 98 valence electrons. The first-order valence-corrected chi connectivity index (χ1v) is 7.20. The summed E-state index contributed by atoms with van der Waals surface area (Å²) in [6.45, 7) is 1.27. The van der Waals surface area contributed by atoms with Crippen LogP contribution < -0.4 is 0 Å². The molecule has 0 N–H and O–H groups in total. The molecule has 3 rings (SSSR count). The third-order valence-electron chi connectivity index (χ3n) is 3.04. The van der Waals surface area contributed by atoms with Crippen molar-refractivity contribution in [2.24, 2.45) is 0 Å². The molecule has 1 aliphatic rings. The van der Waals surface area contributed by atoms with E-state index in [4.69, 9.17) is 21.1 Å². The van der Waals surface area contributed by atoms with Crippen molar-refractivity contribution in [3.63, 3.8) is 0 Å². The molecular weight excluding hydrogens is 328 g/mol. The van der Waals surface area contributed by atoms with Crippen molar-refractivity contribution in [2.45, 2.75) is 6.29 Å². The summed E-state index contributed by atoms with van der Waals surface area (Å²) in [5.74, 6) is 0. The molecule has 1 heterocycles. The minimum atomic E-state index is -0.289. The first kappa shape index (κ1) is 13.1. The van der Waals surface area contributed by atoms with Gasteiger partial charge in [-0.25, -0.2) is 0 Å². The maximum absolute atomic E-state index is 5.93. The van der Waals surface area contributed by atoms with E-state index in [1.807, 2.05) is 36.4 Å². The zero-order valence-electron chi connectivity index (χ0n) is 10.1. The molecule has 0 amide bonds. The van der Waals surface area contributed by atoms with Gasteiger partial charge < -0.3 is 9.47 Å². The van der Waals surface area contributed by atoms with Gasteiger partial charge in [0.2, 0.25) is 0 Å². The molecule has 0 atom stereocenters. The summed E-state index contributed by atoms with van der Waals surface area (Å²) in [5, 5.41) is 0.732. The van der Waals surface area contributed by atoms with Crippen LogP contribution in [-0.4, -0.2) is 13.2 Å². The lowest BCUT2D eigenvalue weighted by Gasteiger charge is -2.15. The third-order valence-corrected chi connectivity index (χ3v) is 3.79. The number of halogens is 2. The van der Waals surface area contributed by atoms with Gasteiger partial charge >= 0.3 is 0 Å². The van der Waals surface area contributed by atoms with Crippen LogP contribution in [0.4, 0.5) is 0 Å². The zero-order chi connectivity index (χ0) is 13.2. The van der Waals surface area contributed by atoms with E-state index in [1.54, 1.807) is 0 Å². The Kier molecular flexibility index (Phi) is 3.89. The molecule has 0 aromatic heterocycles. The first-order valence-electron chi connectivity index (χ1n) is 6.02. The van der Waals surface area contributed by atoms with Crippen LogP contribution in [0.2, 0.25) is 5.02 Å². The average molecular weight is 340 g/mol. The van der Waals surface area contributed by atoms with Crippen molar-refractivity contribution in [2.75, 3.05) is 13.2 Å². The molecule has 0 unspecified atom stereocenters. The molecule has 0 aliphatic carbocycles. The molecule has 2 aromatic carbocycles. The predicted octanol–water partition coefficient (Wildman–Crippen LogP) is 4.81. The first-order chi connectivity index (χ1) is 9.24. The van der Waals surface area contributed by atoms with Gasteiger partial charge in [0, 0.05) is 15.1 Å². The standard InChI is InChI=1S/C15H12BrClO2/c16-11-3-6-13(10-1-4-12(17)5-2-10)14(9-11)15-18-7-8-19-15/h1-6,9,15H,7-8H2. The largest absolute Gasteiger partial charge is 0.346 e. The third kappa shape index (κ3) is 2.84. The highest BCUT2D eigenvalue weighted by Gasteiger charge is 2.22. The topological polar surface area (TPSA) is 18.5 Å². The van der Waals surface area contributed by atoms with Crippen LogP contribution in [0.5, 0.6) is 0 Å². The van der Waals surface area contributed by atoms with Crippen LogP contribution in [-0.2, 0) is 9.47 Å². The summed E-state index contributed by atoms with van der Waals surface area (Å²) in [6.07, 6.45) is -0.289. The fourth-order valence-electron chi connectivity index (χ4n) is 2.16. The quantitative estimate of drug-likeness (QED) is 0.781. The molecule has 1 fully saturated rings. The SMILES string of the molecule is Clc1ccc(-c2ccc(Br)cc2C2OCCO2)cc1. The molecule has 0 radical (unpaired) electrons. The summed E-state index contributed by atoms with van der Waals surface area (Å²) < 4.78 is 12.2. The zero-order valence-corrected chi connectivity index (χ0v) is 12.4. The Hall–Kier alpha value is -0.870. The number of ether oxygens (including phenoxy) is 2. The van der Waals surface area contributed by atoms with Crippen molar-refractivity contribution in [1.82, 2.24) is 0 Å². The maximum atomic E-state index is 5.93. The summed E-state index contributed by atoms with van der Waals surface area (Å²) >= 11 is 9.43. The lowest BCUT2D eigenvalue weighted by atomic mass is 9.99. The van der Waals surface area contributed by atoms with Gasteiger partial charge in [-0.05, 0) is 35.4 Å². The molecule has 2 nitrogen and oxygen atoms in total. The van der Waals surface area contributed by atoms with E-state index in [2.05, 4.69) is 22.0 Å². The molecule has 0 spiro atoms. The molecule has 1 aliphatic heterocycles. The highest BCUT2D eigenvalue weighted by Crippen LogP contribution is 2.35. The molecule has 2 aromatic rings. The Morgan fingerprint density at radius 2 is 1.68 bits per heavy atom. The van der Waals surface area contributed by atoms with Gasteiger partial charge in [-0.2, -0.15) is 0 Å².